The van der Waals surface area contributed by atoms with E-state index in [1.54, 1.807) is 12.1 Å². The Kier molecular flexibility index (Phi) is 2.63. The Hall–Kier alpha value is -2.49. The van der Waals surface area contributed by atoms with Gasteiger partial charge in [0.05, 0.1) is 5.56 Å². The zero-order valence-electron chi connectivity index (χ0n) is 10.5. The SMILES string of the molecule is Cc1ccc(O)c([C@H]2NC(=O)c3ccccc3N2)c1. The Morgan fingerprint density at radius 3 is 2.74 bits per heavy atom. The minimum atomic E-state index is -0.415. The van der Waals surface area contributed by atoms with Crippen LogP contribution in [-0.4, -0.2) is 11.0 Å². The fourth-order valence-electron chi connectivity index (χ4n) is 2.27. The van der Waals surface area contributed by atoms with Gasteiger partial charge in [0, 0.05) is 11.3 Å². The van der Waals surface area contributed by atoms with E-state index in [4.69, 9.17) is 0 Å². The Morgan fingerprint density at radius 2 is 1.89 bits per heavy atom. The van der Waals surface area contributed by atoms with E-state index in [1.165, 1.54) is 0 Å². The van der Waals surface area contributed by atoms with Gasteiger partial charge >= 0.3 is 0 Å². The number of aromatic hydroxyl groups is 1. The van der Waals surface area contributed by atoms with Crippen molar-refractivity contribution < 1.29 is 9.90 Å². The summed E-state index contributed by atoms with van der Waals surface area (Å²) in [5.41, 5.74) is 3.09. The summed E-state index contributed by atoms with van der Waals surface area (Å²) in [4.78, 5) is 12.0. The molecule has 0 saturated heterocycles. The lowest BCUT2D eigenvalue weighted by Gasteiger charge is -2.28. The van der Waals surface area contributed by atoms with Crippen molar-refractivity contribution in [3.05, 3.63) is 59.2 Å². The molecule has 4 heteroatoms. The number of anilines is 1. The van der Waals surface area contributed by atoms with Crippen LogP contribution >= 0.6 is 0 Å². The van der Waals surface area contributed by atoms with Crippen molar-refractivity contribution in [1.82, 2.24) is 5.32 Å². The molecule has 3 rings (SSSR count). The number of amides is 1. The molecule has 3 N–H and O–H groups in total. The maximum Gasteiger partial charge on any atom is 0.255 e. The number of phenols is 1. The summed E-state index contributed by atoms with van der Waals surface area (Å²) in [7, 11) is 0. The number of nitrogens with one attached hydrogen (secondary N) is 2. The lowest BCUT2D eigenvalue weighted by Crippen LogP contribution is -2.38. The predicted molar refractivity (Wildman–Crippen MR) is 73.1 cm³/mol. The smallest absolute Gasteiger partial charge is 0.255 e. The topological polar surface area (TPSA) is 61.4 Å². The minimum Gasteiger partial charge on any atom is -0.508 e. The van der Waals surface area contributed by atoms with Crippen LogP contribution in [0, 0.1) is 6.92 Å². The first-order chi connectivity index (χ1) is 9.15. The Labute approximate surface area is 111 Å². The van der Waals surface area contributed by atoms with E-state index in [0.29, 0.717) is 11.1 Å². The number of benzene rings is 2. The van der Waals surface area contributed by atoms with Crippen molar-refractivity contribution in [3.8, 4) is 5.75 Å². The summed E-state index contributed by atoms with van der Waals surface area (Å²) in [6.07, 6.45) is -0.415. The van der Waals surface area contributed by atoms with Crippen molar-refractivity contribution in [1.29, 1.82) is 0 Å². The number of carbonyl (C=O) groups is 1. The quantitative estimate of drug-likeness (QED) is 0.733. The number of hydrogen-bond acceptors (Lipinski definition) is 3. The number of hydrogen-bond donors (Lipinski definition) is 3. The molecule has 1 aliphatic rings. The van der Waals surface area contributed by atoms with E-state index >= 15 is 0 Å². The minimum absolute atomic E-state index is 0.139. The van der Waals surface area contributed by atoms with Crippen molar-refractivity contribution in [3.63, 3.8) is 0 Å². The van der Waals surface area contributed by atoms with E-state index in [9.17, 15) is 9.90 Å². The molecule has 1 atom stereocenters. The molecule has 2 aromatic rings. The fraction of sp³-hybridized carbons (Fsp3) is 0.133. The molecule has 0 fully saturated rings. The van der Waals surface area contributed by atoms with Gasteiger partial charge in [-0.2, -0.15) is 0 Å². The van der Waals surface area contributed by atoms with Crippen LogP contribution in [0.2, 0.25) is 0 Å². The summed E-state index contributed by atoms with van der Waals surface area (Å²) < 4.78 is 0. The van der Waals surface area contributed by atoms with Gasteiger partial charge in [-0.05, 0) is 31.2 Å². The lowest BCUT2D eigenvalue weighted by molar-refractivity contribution is 0.0935. The summed E-state index contributed by atoms with van der Waals surface area (Å²) in [5.74, 6) is 0.0306. The number of rotatable bonds is 1. The molecule has 0 bridgehead atoms. The Balaban J connectivity index is 2.01. The molecule has 1 amide bonds. The molecule has 19 heavy (non-hydrogen) atoms. The molecule has 4 nitrogen and oxygen atoms in total. The molecule has 2 aromatic carbocycles. The zero-order chi connectivity index (χ0) is 13.4. The molecule has 1 heterocycles. The number of phenolic OH excluding ortho intramolecular Hbond substituents is 1. The Morgan fingerprint density at radius 1 is 1.11 bits per heavy atom. The molecule has 0 aliphatic carbocycles. The van der Waals surface area contributed by atoms with Crippen LogP contribution in [0.25, 0.3) is 0 Å². The third kappa shape index (κ3) is 2.01. The predicted octanol–water partition coefficient (Wildman–Crippen LogP) is 2.55. The van der Waals surface area contributed by atoms with E-state index in [2.05, 4.69) is 10.6 Å². The largest absolute Gasteiger partial charge is 0.508 e. The lowest BCUT2D eigenvalue weighted by atomic mass is 10.0. The van der Waals surface area contributed by atoms with Crippen molar-refractivity contribution >= 4 is 11.6 Å². The number of fused-ring (bicyclic) bond motifs is 1. The van der Waals surface area contributed by atoms with Gasteiger partial charge in [0.25, 0.3) is 5.91 Å². The standard InChI is InChI=1S/C15H14N2O2/c1-9-6-7-13(18)11(8-9)14-16-12-5-3-2-4-10(12)15(19)17-14/h2-8,14,16,18H,1H3,(H,17,19)/t14-/m1/s1. The highest BCUT2D eigenvalue weighted by atomic mass is 16.3. The first-order valence-corrected chi connectivity index (χ1v) is 6.11. The first-order valence-electron chi connectivity index (χ1n) is 6.11. The summed E-state index contributed by atoms with van der Waals surface area (Å²) in [5, 5.41) is 16.0. The highest BCUT2D eigenvalue weighted by Gasteiger charge is 2.25. The van der Waals surface area contributed by atoms with E-state index < -0.39 is 6.17 Å². The van der Waals surface area contributed by atoms with Crippen molar-refractivity contribution in [2.45, 2.75) is 13.1 Å². The highest BCUT2D eigenvalue weighted by molar-refractivity contribution is 6.01. The average molecular weight is 254 g/mol. The van der Waals surface area contributed by atoms with E-state index in [-0.39, 0.29) is 11.7 Å². The third-order valence-electron chi connectivity index (χ3n) is 3.24. The molecular weight excluding hydrogens is 240 g/mol. The van der Waals surface area contributed by atoms with Gasteiger partial charge < -0.3 is 15.7 Å². The van der Waals surface area contributed by atoms with Gasteiger partial charge in [0.2, 0.25) is 0 Å². The number of para-hydroxylation sites is 1. The van der Waals surface area contributed by atoms with Crippen LogP contribution in [0.4, 0.5) is 5.69 Å². The molecule has 1 aliphatic heterocycles. The van der Waals surface area contributed by atoms with Crippen LogP contribution in [0.5, 0.6) is 5.75 Å². The van der Waals surface area contributed by atoms with Gasteiger partial charge in [-0.3, -0.25) is 4.79 Å². The zero-order valence-corrected chi connectivity index (χ0v) is 10.5. The maximum absolute atomic E-state index is 12.0. The number of carbonyl (C=O) groups excluding carboxylic acids is 1. The maximum atomic E-state index is 12.0. The van der Waals surface area contributed by atoms with Crippen LogP contribution in [0.1, 0.15) is 27.7 Å². The summed E-state index contributed by atoms with van der Waals surface area (Å²) in [6, 6.07) is 12.7. The van der Waals surface area contributed by atoms with Gasteiger partial charge in [-0.15, -0.1) is 0 Å². The second-order valence-electron chi connectivity index (χ2n) is 4.66. The van der Waals surface area contributed by atoms with Crippen molar-refractivity contribution in [2.75, 3.05) is 5.32 Å². The molecule has 0 saturated carbocycles. The molecular formula is C15H14N2O2. The molecule has 0 spiro atoms. The summed E-state index contributed by atoms with van der Waals surface area (Å²) in [6.45, 7) is 1.95. The molecule has 0 aromatic heterocycles. The van der Waals surface area contributed by atoms with Crippen LogP contribution in [0.3, 0.4) is 0 Å². The monoisotopic (exact) mass is 254 g/mol. The third-order valence-corrected chi connectivity index (χ3v) is 3.24. The molecule has 0 radical (unpaired) electrons. The molecule has 96 valence electrons. The summed E-state index contributed by atoms with van der Waals surface area (Å²) >= 11 is 0. The average Bonchev–Trinajstić information content (AvgIpc) is 2.41. The molecule has 0 unspecified atom stereocenters. The number of aryl methyl sites for hydroxylation is 1. The van der Waals surface area contributed by atoms with Crippen LogP contribution in [-0.2, 0) is 0 Å². The van der Waals surface area contributed by atoms with Gasteiger partial charge in [-0.25, -0.2) is 0 Å². The van der Waals surface area contributed by atoms with Crippen LogP contribution in [0.15, 0.2) is 42.5 Å². The Bertz CT molecular complexity index is 652. The normalized spacial score (nSPS) is 17.3. The van der Waals surface area contributed by atoms with Crippen molar-refractivity contribution in [2.24, 2.45) is 0 Å². The van der Waals surface area contributed by atoms with Gasteiger partial charge in [-0.1, -0.05) is 23.8 Å². The highest BCUT2D eigenvalue weighted by Crippen LogP contribution is 2.31. The van der Waals surface area contributed by atoms with Gasteiger partial charge in [0.15, 0.2) is 0 Å². The van der Waals surface area contributed by atoms with Crippen LogP contribution < -0.4 is 10.6 Å². The van der Waals surface area contributed by atoms with Gasteiger partial charge in [0.1, 0.15) is 11.9 Å². The second kappa shape index (κ2) is 4.31. The second-order valence-corrected chi connectivity index (χ2v) is 4.66. The van der Waals surface area contributed by atoms with E-state index in [0.717, 1.165) is 11.3 Å². The first kappa shape index (κ1) is 11.6. The fourth-order valence-corrected chi connectivity index (χ4v) is 2.27. The van der Waals surface area contributed by atoms with E-state index in [1.807, 2.05) is 37.3 Å².